The fraction of sp³-hybridized carbons (Fsp3) is 0.538. The zero-order valence-electron chi connectivity index (χ0n) is 21.2. The SMILES string of the molecule is CC(C)(C)[Si](C)(C)OC(c1cccc(F)c1)(c1cccc(F)c1)C1CCCN1S(=O)(=O)CCCBr. The molecule has 1 heterocycles. The molecule has 0 bridgehead atoms. The first-order valence-electron chi connectivity index (χ1n) is 12.0. The van der Waals surface area contributed by atoms with Crippen molar-refractivity contribution in [2.45, 2.75) is 69.8 Å². The van der Waals surface area contributed by atoms with Crippen molar-refractivity contribution >= 4 is 34.3 Å². The second kappa shape index (κ2) is 10.7. The molecule has 0 spiro atoms. The average Bonchev–Trinajstić information content (AvgIpc) is 3.27. The summed E-state index contributed by atoms with van der Waals surface area (Å²) in [7, 11) is -6.23. The molecule has 0 aromatic heterocycles. The Hall–Kier alpha value is -1.13. The molecule has 4 nitrogen and oxygen atoms in total. The molecule has 9 heteroatoms. The van der Waals surface area contributed by atoms with Gasteiger partial charge in [-0.3, -0.25) is 0 Å². The van der Waals surface area contributed by atoms with Gasteiger partial charge in [-0.15, -0.1) is 0 Å². The van der Waals surface area contributed by atoms with E-state index in [9.17, 15) is 17.2 Å². The van der Waals surface area contributed by atoms with Crippen LogP contribution in [-0.2, 0) is 20.1 Å². The topological polar surface area (TPSA) is 46.6 Å². The highest BCUT2D eigenvalue weighted by molar-refractivity contribution is 9.09. The molecule has 2 aromatic rings. The van der Waals surface area contributed by atoms with Gasteiger partial charge in [0, 0.05) is 11.9 Å². The van der Waals surface area contributed by atoms with Crippen LogP contribution in [0.5, 0.6) is 0 Å². The van der Waals surface area contributed by atoms with E-state index in [1.807, 2.05) is 0 Å². The molecule has 1 aliphatic rings. The van der Waals surface area contributed by atoms with E-state index in [1.165, 1.54) is 28.6 Å². The van der Waals surface area contributed by atoms with Gasteiger partial charge in [0.1, 0.15) is 17.2 Å². The number of hydrogen-bond acceptors (Lipinski definition) is 3. The zero-order chi connectivity index (χ0) is 26.1. The van der Waals surface area contributed by atoms with Crippen molar-refractivity contribution in [2.75, 3.05) is 17.6 Å². The third-order valence-electron chi connectivity index (χ3n) is 7.30. The largest absolute Gasteiger partial charge is 0.402 e. The standard InChI is InChI=1S/C26H36BrF2NO3SSi/c1-25(2,3)35(4,5)33-26(20-10-6-12-22(28)18-20,21-11-7-13-23(29)19-21)24-14-8-16-30(24)34(31,32)17-9-15-27/h6-7,10-13,18-19,24H,8-9,14-17H2,1-5H3. The van der Waals surface area contributed by atoms with Gasteiger partial charge in [-0.25, -0.2) is 17.2 Å². The Morgan fingerprint density at radius 2 is 1.60 bits per heavy atom. The molecule has 194 valence electrons. The molecule has 1 saturated heterocycles. The highest BCUT2D eigenvalue weighted by atomic mass is 79.9. The van der Waals surface area contributed by atoms with Crippen molar-refractivity contribution < 1.29 is 21.6 Å². The monoisotopic (exact) mass is 587 g/mol. The molecule has 0 N–H and O–H groups in total. The molecule has 3 rings (SSSR count). The van der Waals surface area contributed by atoms with Crippen LogP contribution >= 0.6 is 15.9 Å². The van der Waals surface area contributed by atoms with Gasteiger partial charge in [0.05, 0.1) is 11.8 Å². The highest BCUT2D eigenvalue weighted by Gasteiger charge is 2.55. The first-order valence-corrected chi connectivity index (χ1v) is 17.7. The molecule has 1 unspecified atom stereocenters. The summed E-state index contributed by atoms with van der Waals surface area (Å²) in [5.74, 6) is -0.903. The smallest absolute Gasteiger partial charge is 0.214 e. The Labute approximate surface area is 218 Å². The van der Waals surface area contributed by atoms with E-state index in [-0.39, 0.29) is 10.8 Å². The molecule has 1 atom stereocenters. The summed E-state index contributed by atoms with van der Waals surface area (Å²) in [5.41, 5.74) is -0.369. The molecule has 35 heavy (non-hydrogen) atoms. The summed E-state index contributed by atoms with van der Waals surface area (Å²) in [4.78, 5) is 0. The molecule has 0 amide bonds. The van der Waals surface area contributed by atoms with Crippen molar-refractivity contribution in [3.63, 3.8) is 0 Å². The van der Waals surface area contributed by atoms with Crippen LogP contribution in [0.15, 0.2) is 48.5 Å². The van der Waals surface area contributed by atoms with E-state index >= 15 is 0 Å². The summed E-state index contributed by atoms with van der Waals surface area (Å²) in [6.07, 6.45) is 1.64. The lowest BCUT2D eigenvalue weighted by Gasteiger charge is -2.50. The fourth-order valence-corrected chi connectivity index (χ4v) is 8.49. The van der Waals surface area contributed by atoms with Crippen LogP contribution in [0, 0.1) is 11.6 Å². The molecule has 1 fully saturated rings. The fourth-order valence-electron chi connectivity index (χ4n) is 4.57. The molecule has 2 aromatic carbocycles. The Kier molecular flexibility index (Phi) is 8.69. The molecule has 0 radical (unpaired) electrons. The molecular formula is C26H36BrF2NO3SSi. The molecule has 0 aliphatic carbocycles. The summed E-state index contributed by atoms with van der Waals surface area (Å²) in [5, 5.41) is 0.349. The van der Waals surface area contributed by atoms with Gasteiger partial charge in [-0.05, 0) is 72.8 Å². The summed E-state index contributed by atoms with van der Waals surface area (Å²) >= 11 is 3.33. The Balaban J connectivity index is 2.35. The number of rotatable bonds is 9. The normalized spacial score (nSPS) is 18.2. The van der Waals surface area contributed by atoms with Crippen LogP contribution in [0.2, 0.25) is 18.1 Å². The van der Waals surface area contributed by atoms with E-state index in [0.717, 1.165) is 0 Å². The van der Waals surface area contributed by atoms with E-state index in [1.54, 1.807) is 24.3 Å². The maximum atomic E-state index is 14.7. The van der Waals surface area contributed by atoms with Crippen molar-refractivity contribution in [1.29, 1.82) is 0 Å². The van der Waals surface area contributed by atoms with E-state index in [2.05, 4.69) is 49.8 Å². The van der Waals surface area contributed by atoms with Gasteiger partial charge >= 0.3 is 0 Å². The zero-order valence-corrected chi connectivity index (χ0v) is 24.6. The number of halogens is 3. The third kappa shape index (κ3) is 5.90. The van der Waals surface area contributed by atoms with Crippen LogP contribution in [0.25, 0.3) is 0 Å². The number of benzene rings is 2. The van der Waals surface area contributed by atoms with Crippen LogP contribution in [-0.4, -0.2) is 44.7 Å². The lowest BCUT2D eigenvalue weighted by atomic mass is 9.79. The third-order valence-corrected chi connectivity index (χ3v) is 14.3. The molecule has 1 aliphatic heterocycles. The van der Waals surface area contributed by atoms with Crippen LogP contribution in [0.3, 0.4) is 0 Å². The van der Waals surface area contributed by atoms with Crippen molar-refractivity contribution in [3.8, 4) is 0 Å². The summed E-state index contributed by atoms with van der Waals surface area (Å²) < 4.78 is 65.1. The van der Waals surface area contributed by atoms with E-state index in [0.29, 0.717) is 42.3 Å². The minimum absolute atomic E-state index is 0.00275. The van der Waals surface area contributed by atoms with Gasteiger partial charge in [-0.1, -0.05) is 61.0 Å². The lowest BCUT2D eigenvalue weighted by molar-refractivity contribution is 0.0317. The molecule has 0 saturated carbocycles. The van der Waals surface area contributed by atoms with Gasteiger partial charge in [-0.2, -0.15) is 4.31 Å². The minimum Gasteiger partial charge on any atom is -0.402 e. The Morgan fingerprint density at radius 1 is 1.06 bits per heavy atom. The van der Waals surface area contributed by atoms with Crippen LogP contribution < -0.4 is 0 Å². The maximum Gasteiger partial charge on any atom is 0.214 e. The maximum absolute atomic E-state index is 14.7. The number of hydrogen-bond donors (Lipinski definition) is 0. The van der Waals surface area contributed by atoms with Crippen molar-refractivity contribution in [1.82, 2.24) is 4.31 Å². The van der Waals surface area contributed by atoms with Gasteiger partial charge in [0.25, 0.3) is 0 Å². The summed E-state index contributed by atoms with van der Waals surface area (Å²) in [6.45, 7) is 10.8. The van der Waals surface area contributed by atoms with Gasteiger partial charge < -0.3 is 4.43 Å². The Morgan fingerprint density at radius 3 is 2.06 bits per heavy atom. The van der Waals surface area contributed by atoms with Crippen molar-refractivity contribution in [2.24, 2.45) is 0 Å². The first-order chi connectivity index (χ1) is 16.2. The van der Waals surface area contributed by atoms with Crippen molar-refractivity contribution in [3.05, 3.63) is 71.3 Å². The number of alkyl halides is 1. The van der Waals surface area contributed by atoms with Gasteiger partial charge in [0.2, 0.25) is 10.0 Å². The van der Waals surface area contributed by atoms with E-state index in [4.69, 9.17) is 4.43 Å². The van der Waals surface area contributed by atoms with Crippen LogP contribution in [0.1, 0.15) is 51.2 Å². The predicted octanol–water partition coefficient (Wildman–Crippen LogP) is 6.81. The van der Waals surface area contributed by atoms with Crippen LogP contribution in [0.4, 0.5) is 8.78 Å². The Bertz CT molecular complexity index is 1090. The minimum atomic E-state index is -3.63. The lowest BCUT2D eigenvalue weighted by Crippen LogP contribution is -2.58. The van der Waals surface area contributed by atoms with E-state index < -0.39 is 41.6 Å². The number of sulfonamides is 1. The summed E-state index contributed by atoms with van der Waals surface area (Å²) in [6, 6.07) is 11.6. The quantitative estimate of drug-likeness (QED) is 0.239. The highest BCUT2D eigenvalue weighted by Crippen LogP contribution is 2.50. The first kappa shape index (κ1) is 28.4. The second-order valence-electron chi connectivity index (χ2n) is 10.7. The van der Waals surface area contributed by atoms with Gasteiger partial charge in [0.15, 0.2) is 8.32 Å². The average molecular weight is 589 g/mol. The second-order valence-corrected chi connectivity index (χ2v) is 18.3. The number of nitrogens with zero attached hydrogens (tertiary/aromatic N) is 1. The predicted molar refractivity (Wildman–Crippen MR) is 144 cm³/mol. The molecular weight excluding hydrogens is 552 g/mol.